The number of aryl methyl sites for hydroxylation is 1. The summed E-state index contributed by atoms with van der Waals surface area (Å²) in [6.45, 7) is 5.59. The average molecular weight is 586 g/mol. The average Bonchev–Trinajstić information content (AvgIpc) is 2.97. The minimum atomic E-state index is -3.86. The highest BCUT2D eigenvalue weighted by Gasteiger charge is 2.33. The lowest BCUT2D eigenvalue weighted by atomic mass is 10.0. The van der Waals surface area contributed by atoms with Gasteiger partial charge in [0.05, 0.1) is 11.9 Å². The molecule has 0 aliphatic heterocycles. The van der Waals surface area contributed by atoms with Gasteiger partial charge in [-0.3, -0.25) is 13.9 Å². The number of carbonyl (C=O) groups is 2. The van der Waals surface area contributed by atoms with Gasteiger partial charge >= 0.3 is 0 Å². The number of hydrogen-bond acceptors (Lipinski definition) is 4. The molecule has 0 spiro atoms. The van der Waals surface area contributed by atoms with Crippen LogP contribution in [0.3, 0.4) is 0 Å². The van der Waals surface area contributed by atoms with E-state index in [4.69, 9.17) is 0 Å². The normalized spacial score (nSPS) is 12.9. The zero-order valence-electron chi connectivity index (χ0n) is 24.7. The molecule has 4 aromatic rings. The maximum absolute atomic E-state index is 14.3. The van der Waals surface area contributed by atoms with Crippen LogP contribution in [-0.4, -0.2) is 50.0 Å². The smallest absolute Gasteiger partial charge is 0.244 e. The minimum absolute atomic E-state index is 0.0881. The molecule has 42 heavy (non-hydrogen) atoms. The first-order valence-electron chi connectivity index (χ1n) is 14.2. The van der Waals surface area contributed by atoms with E-state index in [9.17, 15) is 18.0 Å². The number of rotatable bonds is 12. The first kappa shape index (κ1) is 30.8. The topological polar surface area (TPSA) is 86.8 Å². The Morgan fingerprint density at radius 1 is 0.857 bits per heavy atom. The molecule has 0 bridgehead atoms. The second kappa shape index (κ2) is 13.7. The van der Waals surface area contributed by atoms with Crippen LogP contribution in [0, 0.1) is 6.92 Å². The predicted octanol–water partition coefficient (Wildman–Crippen LogP) is 5.47. The Bertz CT molecular complexity index is 1630. The highest BCUT2D eigenvalue weighted by atomic mass is 32.2. The maximum Gasteiger partial charge on any atom is 0.244 e. The Kier molecular flexibility index (Phi) is 10.0. The standard InChI is InChI=1S/C34H39N3O4S/c1-5-26(3)35-34(39)32(22-27-14-7-6-8-15-27)36(23-28-16-11-13-25(2)21-28)33(38)24-37(42(4,40)41)31-20-12-18-29-17-9-10-19-30(29)31/h6-21,26,32H,5,22-24H2,1-4H3,(H,35,39)/t26-,32+/m1/s1. The Labute approximate surface area is 249 Å². The third-order valence-electron chi connectivity index (χ3n) is 7.42. The summed E-state index contributed by atoms with van der Waals surface area (Å²) < 4.78 is 27.5. The van der Waals surface area contributed by atoms with Crippen LogP contribution in [0.1, 0.15) is 37.0 Å². The number of fused-ring (bicyclic) bond motifs is 1. The predicted molar refractivity (Wildman–Crippen MR) is 170 cm³/mol. The summed E-state index contributed by atoms with van der Waals surface area (Å²) in [5, 5.41) is 4.64. The fraction of sp³-hybridized carbons (Fsp3) is 0.294. The summed E-state index contributed by atoms with van der Waals surface area (Å²) in [6.07, 6.45) is 2.12. The number of sulfonamides is 1. The molecule has 0 radical (unpaired) electrons. The van der Waals surface area contributed by atoms with E-state index in [1.54, 1.807) is 12.1 Å². The summed E-state index contributed by atoms with van der Waals surface area (Å²) in [7, 11) is -3.86. The lowest BCUT2D eigenvalue weighted by Crippen LogP contribution is -2.54. The third-order valence-corrected chi connectivity index (χ3v) is 8.55. The van der Waals surface area contributed by atoms with Crippen LogP contribution in [0.25, 0.3) is 10.8 Å². The van der Waals surface area contributed by atoms with Gasteiger partial charge in [0.2, 0.25) is 21.8 Å². The number of amides is 2. The fourth-order valence-electron chi connectivity index (χ4n) is 5.02. The molecular weight excluding hydrogens is 546 g/mol. The number of nitrogens with one attached hydrogen (secondary N) is 1. The van der Waals surface area contributed by atoms with Gasteiger partial charge in [-0.05, 0) is 42.8 Å². The summed E-state index contributed by atoms with van der Waals surface area (Å²) in [4.78, 5) is 29.7. The molecule has 0 unspecified atom stereocenters. The Hall–Kier alpha value is -4.17. The second-order valence-corrected chi connectivity index (χ2v) is 12.7. The van der Waals surface area contributed by atoms with E-state index in [2.05, 4.69) is 5.32 Å². The SMILES string of the molecule is CC[C@@H](C)NC(=O)[C@H](Cc1ccccc1)N(Cc1cccc(C)c1)C(=O)CN(c1cccc2ccccc12)S(C)(=O)=O. The zero-order chi connectivity index (χ0) is 30.3. The summed E-state index contributed by atoms with van der Waals surface area (Å²) in [5.74, 6) is -0.736. The lowest BCUT2D eigenvalue weighted by Gasteiger charge is -2.34. The van der Waals surface area contributed by atoms with E-state index < -0.39 is 28.5 Å². The van der Waals surface area contributed by atoms with Crippen LogP contribution in [-0.2, 0) is 32.6 Å². The molecule has 0 aliphatic carbocycles. The van der Waals surface area contributed by atoms with Gasteiger partial charge < -0.3 is 10.2 Å². The van der Waals surface area contributed by atoms with Gasteiger partial charge in [-0.1, -0.05) is 103 Å². The number of hydrogen-bond donors (Lipinski definition) is 1. The monoisotopic (exact) mass is 585 g/mol. The molecule has 4 rings (SSSR count). The Morgan fingerprint density at radius 2 is 1.50 bits per heavy atom. The molecule has 220 valence electrons. The molecule has 0 fully saturated rings. The number of benzene rings is 4. The molecule has 0 aromatic heterocycles. The van der Waals surface area contributed by atoms with E-state index in [0.717, 1.165) is 44.4 Å². The van der Waals surface area contributed by atoms with Gasteiger partial charge in [0.15, 0.2) is 0 Å². The van der Waals surface area contributed by atoms with Crippen molar-refractivity contribution in [2.45, 2.75) is 52.2 Å². The largest absolute Gasteiger partial charge is 0.352 e. The summed E-state index contributed by atoms with van der Waals surface area (Å²) in [6, 6.07) is 29.3. The van der Waals surface area contributed by atoms with E-state index in [0.29, 0.717) is 5.69 Å². The van der Waals surface area contributed by atoms with Crippen molar-refractivity contribution in [3.63, 3.8) is 0 Å². The van der Waals surface area contributed by atoms with Gasteiger partial charge in [-0.2, -0.15) is 0 Å². The van der Waals surface area contributed by atoms with Gasteiger partial charge in [0, 0.05) is 24.4 Å². The fourth-order valence-corrected chi connectivity index (χ4v) is 5.88. The van der Waals surface area contributed by atoms with E-state index >= 15 is 0 Å². The van der Waals surface area contributed by atoms with Crippen molar-refractivity contribution in [1.82, 2.24) is 10.2 Å². The number of nitrogens with zero attached hydrogens (tertiary/aromatic N) is 2. The minimum Gasteiger partial charge on any atom is -0.352 e. The summed E-state index contributed by atoms with van der Waals surface area (Å²) in [5.41, 5.74) is 3.20. The Morgan fingerprint density at radius 3 is 2.19 bits per heavy atom. The van der Waals surface area contributed by atoms with Crippen LogP contribution < -0.4 is 9.62 Å². The van der Waals surface area contributed by atoms with Crippen molar-refractivity contribution in [3.05, 3.63) is 114 Å². The van der Waals surface area contributed by atoms with Gasteiger partial charge in [0.25, 0.3) is 0 Å². The van der Waals surface area contributed by atoms with Crippen molar-refractivity contribution in [3.8, 4) is 0 Å². The molecule has 4 aromatic carbocycles. The molecule has 8 heteroatoms. The van der Waals surface area contributed by atoms with E-state index in [1.807, 2.05) is 106 Å². The third kappa shape index (κ3) is 7.76. The van der Waals surface area contributed by atoms with Crippen molar-refractivity contribution >= 4 is 38.3 Å². The lowest BCUT2D eigenvalue weighted by molar-refractivity contribution is -0.140. The zero-order valence-corrected chi connectivity index (χ0v) is 25.5. The molecule has 0 saturated carbocycles. The van der Waals surface area contributed by atoms with Gasteiger partial charge in [-0.15, -0.1) is 0 Å². The highest BCUT2D eigenvalue weighted by Crippen LogP contribution is 2.29. The van der Waals surface area contributed by atoms with Crippen molar-refractivity contribution < 1.29 is 18.0 Å². The highest BCUT2D eigenvalue weighted by molar-refractivity contribution is 7.92. The van der Waals surface area contributed by atoms with E-state index in [1.165, 1.54) is 4.90 Å². The molecule has 0 heterocycles. The van der Waals surface area contributed by atoms with Crippen molar-refractivity contribution in [2.24, 2.45) is 0 Å². The molecule has 2 atom stereocenters. The Balaban J connectivity index is 1.79. The molecular formula is C34H39N3O4S. The number of anilines is 1. The van der Waals surface area contributed by atoms with Crippen LogP contribution in [0.15, 0.2) is 97.1 Å². The number of carbonyl (C=O) groups excluding carboxylic acids is 2. The first-order valence-corrected chi connectivity index (χ1v) is 16.1. The molecule has 0 aliphatic rings. The van der Waals surface area contributed by atoms with Gasteiger partial charge in [0.1, 0.15) is 12.6 Å². The van der Waals surface area contributed by atoms with Gasteiger partial charge in [-0.25, -0.2) is 8.42 Å². The van der Waals surface area contributed by atoms with Crippen LogP contribution >= 0.6 is 0 Å². The molecule has 0 saturated heterocycles. The molecule has 7 nitrogen and oxygen atoms in total. The molecule has 1 N–H and O–H groups in total. The van der Waals surface area contributed by atoms with Crippen molar-refractivity contribution in [2.75, 3.05) is 17.1 Å². The van der Waals surface area contributed by atoms with E-state index in [-0.39, 0.29) is 24.9 Å². The maximum atomic E-state index is 14.3. The van der Waals surface area contributed by atoms with Crippen LogP contribution in [0.5, 0.6) is 0 Å². The van der Waals surface area contributed by atoms with Crippen LogP contribution in [0.2, 0.25) is 0 Å². The van der Waals surface area contributed by atoms with Crippen molar-refractivity contribution in [1.29, 1.82) is 0 Å². The first-order chi connectivity index (χ1) is 20.1. The van der Waals surface area contributed by atoms with Crippen LogP contribution in [0.4, 0.5) is 5.69 Å². The molecule has 2 amide bonds. The summed E-state index contributed by atoms with van der Waals surface area (Å²) >= 11 is 0. The second-order valence-electron chi connectivity index (χ2n) is 10.8. The quantitative estimate of drug-likeness (QED) is 0.239.